The number of hydrogen-bond donors (Lipinski definition) is 0. The maximum absolute atomic E-state index is 14.9. The quantitative estimate of drug-likeness (QED) is 0.523. The number of ether oxygens (including phenoxy) is 2. The Kier molecular flexibility index (Phi) is 6.81. The molecule has 1 amide bonds. The molecule has 0 aliphatic rings. The summed E-state index contributed by atoms with van der Waals surface area (Å²) in [7, 11) is 2.81. The Morgan fingerprint density at radius 3 is 2.00 bits per heavy atom. The van der Waals surface area contributed by atoms with Gasteiger partial charge in [0.15, 0.2) is 17.3 Å². The molecule has 0 fully saturated rings. The highest BCUT2D eigenvalue weighted by molar-refractivity contribution is 5.94. The fraction of sp³-hybridized carbons (Fsp3) is 0.174. The zero-order valence-electron chi connectivity index (χ0n) is 16.3. The van der Waals surface area contributed by atoms with E-state index < -0.39 is 11.7 Å². The van der Waals surface area contributed by atoms with Crippen molar-refractivity contribution < 1.29 is 23.5 Å². The molecule has 0 unspecified atom stereocenters. The Hall–Kier alpha value is -3.38. The van der Waals surface area contributed by atoms with E-state index in [1.54, 1.807) is 0 Å². The van der Waals surface area contributed by atoms with Gasteiger partial charge in [-0.1, -0.05) is 60.7 Å². The number of amides is 1. The molecule has 0 radical (unpaired) electrons. The highest BCUT2D eigenvalue weighted by atomic mass is 19.1. The molecule has 150 valence electrons. The molecule has 3 aromatic carbocycles. The van der Waals surface area contributed by atoms with Crippen molar-refractivity contribution in [2.75, 3.05) is 14.2 Å². The summed E-state index contributed by atoms with van der Waals surface area (Å²) in [5.41, 5.74) is 1.90. The molecule has 3 rings (SSSR count). The van der Waals surface area contributed by atoms with Crippen LogP contribution in [-0.2, 0) is 18.1 Å². The number of hydroxylamine groups is 2. The SMILES string of the molecule is CON(C)C(=O)c1cc(F)c(OCc2ccccc2)c(OCc2ccccc2)c1. The molecule has 0 aliphatic heterocycles. The minimum Gasteiger partial charge on any atom is -0.485 e. The monoisotopic (exact) mass is 395 g/mol. The van der Waals surface area contributed by atoms with Crippen molar-refractivity contribution in [3.05, 3.63) is 95.3 Å². The van der Waals surface area contributed by atoms with E-state index >= 15 is 0 Å². The zero-order chi connectivity index (χ0) is 20.6. The van der Waals surface area contributed by atoms with Crippen LogP contribution in [0.15, 0.2) is 72.8 Å². The van der Waals surface area contributed by atoms with Crippen LogP contribution in [0, 0.1) is 5.82 Å². The third-order valence-corrected chi connectivity index (χ3v) is 4.28. The lowest BCUT2D eigenvalue weighted by Crippen LogP contribution is -2.25. The van der Waals surface area contributed by atoms with E-state index in [0.29, 0.717) is 0 Å². The largest absolute Gasteiger partial charge is 0.485 e. The van der Waals surface area contributed by atoms with Crippen LogP contribution < -0.4 is 9.47 Å². The summed E-state index contributed by atoms with van der Waals surface area (Å²) in [6.45, 7) is 0.379. The van der Waals surface area contributed by atoms with E-state index in [9.17, 15) is 9.18 Å². The maximum atomic E-state index is 14.9. The fourth-order valence-electron chi connectivity index (χ4n) is 2.67. The number of benzene rings is 3. The first-order valence-electron chi connectivity index (χ1n) is 9.07. The minimum absolute atomic E-state index is 0.0404. The Morgan fingerprint density at radius 2 is 1.45 bits per heavy atom. The van der Waals surface area contributed by atoms with Crippen molar-refractivity contribution in [1.29, 1.82) is 0 Å². The van der Waals surface area contributed by atoms with Crippen molar-refractivity contribution in [2.24, 2.45) is 0 Å². The van der Waals surface area contributed by atoms with Gasteiger partial charge in [-0.3, -0.25) is 9.63 Å². The molecule has 0 aliphatic carbocycles. The van der Waals surface area contributed by atoms with Crippen molar-refractivity contribution in [1.82, 2.24) is 5.06 Å². The molecular weight excluding hydrogens is 373 g/mol. The lowest BCUT2D eigenvalue weighted by atomic mass is 10.1. The molecule has 0 heterocycles. The molecule has 29 heavy (non-hydrogen) atoms. The second-order valence-electron chi connectivity index (χ2n) is 6.32. The van der Waals surface area contributed by atoms with E-state index in [4.69, 9.17) is 14.3 Å². The first-order valence-corrected chi connectivity index (χ1v) is 9.07. The van der Waals surface area contributed by atoms with Gasteiger partial charge in [-0.15, -0.1) is 0 Å². The van der Waals surface area contributed by atoms with E-state index in [0.717, 1.165) is 22.3 Å². The molecule has 6 heteroatoms. The highest BCUT2D eigenvalue weighted by Gasteiger charge is 2.20. The van der Waals surface area contributed by atoms with Crippen LogP contribution in [0.1, 0.15) is 21.5 Å². The molecule has 0 aromatic heterocycles. The highest BCUT2D eigenvalue weighted by Crippen LogP contribution is 2.34. The van der Waals surface area contributed by atoms with Gasteiger partial charge in [0.2, 0.25) is 0 Å². The van der Waals surface area contributed by atoms with Gasteiger partial charge in [-0.05, 0) is 23.3 Å². The summed E-state index contributed by atoms with van der Waals surface area (Å²) in [6.07, 6.45) is 0. The maximum Gasteiger partial charge on any atom is 0.277 e. The van der Waals surface area contributed by atoms with E-state index in [1.807, 2.05) is 60.7 Å². The summed E-state index contributed by atoms with van der Waals surface area (Å²) in [4.78, 5) is 17.3. The van der Waals surface area contributed by atoms with Crippen LogP contribution in [0.5, 0.6) is 11.5 Å². The molecule has 0 spiro atoms. The fourth-order valence-corrected chi connectivity index (χ4v) is 2.67. The van der Waals surface area contributed by atoms with Crippen LogP contribution in [0.4, 0.5) is 4.39 Å². The number of carbonyl (C=O) groups is 1. The van der Waals surface area contributed by atoms with Crippen molar-refractivity contribution >= 4 is 5.91 Å². The lowest BCUT2D eigenvalue weighted by Gasteiger charge is -2.17. The van der Waals surface area contributed by atoms with Crippen molar-refractivity contribution in [3.8, 4) is 11.5 Å². The van der Waals surface area contributed by atoms with Crippen molar-refractivity contribution in [3.63, 3.8) is 0 Å². The van der Waals surface area contributed by atoms with Crippen LogP contribution in [0.25, 0.3) is 0 Å². The summed E-state index contributed by atoms with van der Waals surface area (Å²) in [5.74, 6) is -1.07. The van der Waals surface area contributed by atoms with Gasteiger partial charge in [0.05, 0.1) is 7.11 Å². The first kappa shape index (κ1) is 20.4. The lowest BCUT2D eigenvalue weighted by molar-refractivity contribution is -0.0757. The van der Waals surface area contributed by atoms with E-state index in [2.05, 4.69) is 0 Å². The Bertz CT molecular complexity index is 948. The molecule has 0 atom stereocenters. The Labute approximate surface area is 169 Å². The van der Waals surface area contributed by atoms with Gasteiger partial charge in [0, 0.05) is 12.6 Å². The van der Waals surface area contributed by atoms with Gasteiger partial charge in [-0.2, -0.15) is 0 Å². The first-order chi connectivity index (χ1) is 14.1. The smallest absolute Gasteiger partial charge is 0.277 e. The van der Waals surface area contributed by atoms with Crippen LogP contribution >= 0.6 is 0 Å². The summed E-state index contributed by atoms with van der Waals surface area (Å²) in [5, 5.41) is 1.01. The summed E-state index contributed by atoms with van der Waals surface area (Å²) in [6, 6.07) is 21.5. The second kappa shape index (κ2) is 9.71. The number of rotatable bonds is 8. The van der Waals surface area contributed by atoms with Crippen LogP contribution in [0.3, 0.4) is 0 Å². The molecule has 3 aromatic rings. The van der Waals surface area contributed by atoms with Gasteiger partial charge in [0.25, 0.3) is 5.91 Å². The number of halogens is 1. The number of hydrogen-bond acceptors (Lipinski definition) is 4. The van der Waals surface area contributed by atoms with Gasteiger partial charge in [0.1, 0.15) is 13.2 Å². The molecule has 0 N–H and O–H groups in total. The van der Waals surface area contributed by atoms with Gasteiger partial charge < -0.3 is 9.47 Å². The topological polar surface area (TPSA) is 48.0 Å². The predicted molar refractivity (Wildman–Crippen MR) is 107 cm³/mol. The molecule has 0 bridgehead atoms. The molecule has 0 saturated carbocycles. The van der Waals surface area contributed by atoms with E-state index in [1.165, 1.54) is 20.2 Å². The average molecular weight is 395 g/mol. The zero-order valence-corrected chi connectivity index (χ0v) is 16.3. The number of nitrogens with zero attached hydrogens (tertiary/aromatic N) is 1. The van der Waals surface area contributed by atoms with E-state index in [-0.39, 0.29) is 30.3 Å². The number of carbonyl (C=O) groups excluding carboxylic acids is 1. The molecule has 0 saturated heterocycles. The molecule has 5 nitrogen and oxygen atoms in total. The Balaban J connectivity index is 1.88. The van der Waals surface area contributed by atoms with Crippen molar-refractivity contribution in [2.45, 2.75) is 13.2 Å². The summed E-state index contributed by atoms with van der Waals surface area (Å²) >= 11 is 0. The second-order valence-corrected chi connectivity index (χ2v) is 6.32. The minimum atomic E-state index is -0.681. The Morgan fingerprint density at radius 1 is 0.897 bits per heavy atom. The van der Waals surface area contributed by atoms with Gasteiger partial charge in [-0.25, -0.2) is 9.45 Å². The normalized spacial score (nSPS) is 10.4. The third-order valence-electron chi connectivity index (χ3n) is 4.28. The average Bonchev–Trinajstić information content (AvgIpc) is 2.77. The van der Waals surface area contributed by atoms with Gasteiger partial charge >= 0.3 is 0 Å². The molecular formula is C23H22FNO4. The third kappa shape index (κ3) is 5.33. The predicted octanol–water partition coefficient (Wildman–Crippen LogP) is 4.62. The summed E-state index contributed by atoms with van der Waals surface area (Å²) < 4.78 is 26.4. The van der Waals surface area contributed by atoms with Crippen LogP contribution in [-0.4, -0.2) is 25.1 Å². The standard InChI is InChI=1S/C23H22FNO4/c1-25(27-2)23(26)19-13-20(24)22(29-16-18-11-7-4-8-12-18)21(14-19)28-15-17-9-5-3-6-10-17/h3-14H,15-16H2,1-2H3. The van der Waals surface area contributed by atoms with Crippen LogP contribution in [0.2, 0.25) is 0 Å².